The molecule has 31 heavy (non-hydrogen) atoms. The molecule has 7 nitrogen and oxygen atoms in total. The summed E-state index contributed by atoms with van der Waals surface area (Å²) in [5, 5.41) is 12.2. The van der Waals surface area contributed by atoms with Crippen LogP contribution in [-0.2, 0) is 30.5 Å². The van der Waals surface area contributed by atoms with Crippen LogP contribution in [0.2, 0.25) is 0 Å². The fraction of sp³-hybridized carbons (Fsp3) is 0.435. The van der Waals surface area contributed by atoms with Crippen LogP contribution in [0.3, 0.4) is 0 Å². The van der Waals surface area contributed by atoms with Crippen LogP contribution < -0.4 is 4.74 Å². The average Bonchev–Trinajstić information content (AvgIpc) is 3.26. The molecule has 162 valence electrons. The van der Waals surface area contributed by atoms with Crippen molar-refractivity contribution in [1.82, 2.24) is 19.9 Å². The molecule has 0 spiro atoms. The van der Waals surface area contributed by atoms with E-state index in [0.717, 1.165) is 54.1 Å². The maximum Gasteiger partial charge on any atom is 0.316 e. The molecule has 3 heterocycles. The normalized spacial score (nSPS) is 14.1. The molecule has 0 saturated heterocycles. The molecule has 1 atom stereocenters. The number of fused-ring (bicyclic) bond motifs is 1. The van der Waals surface area contributed by atoms with Crippen LogP contribution in [0.4, 0.5) is 0 Å². The van der Waals surface area contributed by atoms with Crippen molar-refractivity contribution in [3.63, 3.8) is 0 Å². The molecule has 0 aromatic carbocycles. The number of hydrogen-bond acceptors (Lipinski definition) is 7. The third-order valence-corrected chi connectivity index (χ3v) is 6.59. The number of carboxylic acids is 1. The lowest BCUT2D eigenvalue weighted by atomic mass is 9.95. The number of ether oxygens (including phenoxy) is 1. The van der Waals surface area contributed by atoms with Gasteiger partial charge in [0.1, 0.15) is 5.01 Å². The zero-order valence-electron chi connectivity index (χ0n) is 17.6. The molecule has 3 aromatic rings. The van der Waals surface area contributed by atoms with E-state index in [1.807, 2.05) is 5.38 Å². The Morgan fingerprint density at radius 2 is 1.90 bits per heavy atom. The van der Waals surface area contributed by atoms with Crippen molar-refractivity contribution in [2.75, 3.05) is 7.11 Å². The molecule has 0 radical (unpaired) electrons. The van der Waals surface area contributed by atoms with Crippen LogP contribution in [-0.4, -0.2) is 38.1 Å². The number of rotatable bonds is 9. The first-order valence-corrected chi connectivity index (χ1v) is 11.5. The molecule has 3 aromatic heterocycles. The lowest BCUT2D eigenvalue weighted by molar-refractivity contribution is -0.137. The van der Waals surface area contributed by atoms with Crippen LogP contribution in [0.1, 0.15) is 64.8 Å². The number of carboxylic acid groups (broad SMARTS) is 1. The van der Waals surface area contributed by atoms with Crippen molar-refractivity contribution < 1.29 is 14.6 Å². The Balaban J connectivity index is 1.40. The Labute approximate surface area is 185 Å². The summed E-state index contributed by atoms with van der Waals surface area (Å²) in [6.45, 7) is 0. The number of pyridine rings is 1. The van der Waals surface area contributed by atoms with Gasteiger partial charge in [0.25, 0.3) is 0 Å². The first-order chi connectivity index (χ1) is 15.1. The van der Waals surface area contributed by atoms with E-state index in [1.54, 1.807) is 12.4 Å². The first kappa shape index (κ1) is 21.4. The smallest absolute Gasteiger partial charge is 0.316 e. The van der Waals surface area contributed by atoms with Crippen molar-refractivity contribution in [1.29, 1.82) is 0 Å². The number of aromatic nitrogens is 4. The van der Waals surface area contributed by atoms with Gasteiger partial charge in [0, 0.05) is 35.1 Å². The molecule has 0 fully saturated rings. The largest absolute Gasteiger partial charge is 0.481 e. The second kappa shape index (κ2) is 9.96. The van der Waals surface area contributed by atoms with Gasteiger partial charge in [-0.25, -0.2) is 15.0 Å². The molecular formula is C23H26N4O3S. The Kier molecular flexibility index (Phi) is 6.86. The highest BCUT2D eigenvalue weighted by atomic mass is 32.1. The first-order valence-electron chi connectivity index (χ1n) is 10.6. The van der Waals surface area contributed by atoms with E-state index in [0.29, 0.717) is 0 Å². The van der Waals surface area contributed by atoms with E-state index in [2.05, 4.69) is 22.1 Å². The highest BCUT2D eigenvalue weighted by Crippen LogP contribution is 2.30. The maximum atomic E-state index is 11.4. The highest BCUT2D eigenvalue weighted by molar-refractivity contribution is 7.09. The SMILES string of the molecule is COc1ncc(C(CC(=O)O)c2nc(CCCc3ccc4c(n3)CCCC4)cs2)cn1. The van der Waals surface area contributed by atoms with E-state index in [4.69, 9.17) is 14.7 Å². The zero-order chi connectivity index (χ0) is 21.6. The molecule has 0 saturated carbocycles. The van der Waals surface area contributed by atoms with Crippen molar-refractivity contribution >= 4 is 17.3 Å². The van der Waals surface area contributed by atoms with Crippen LogP contribution in [0.15, 0.2) is 29.9 Å². The summed E-state index contributed by atoms with van der Waals surface area (Å²) >= 11 is 1.49. The molecular weight excluding hydrogens is 412 g/mol. The monoisotopic (exact) mass is 438 g/mol. The zero-order valence-corrected chi connectivity index (χ0v) is 18.4. The van der Waals surface area contributed by atoms with E-state index in [9.17, 15) is 9.90 Å². The number of methoxy groups -OCH3 is 1. The number of thiazole rings is 1. The number of aryl methyl sites for hydroxylation is 4. The molecule has 4 rings (SSSR count). The highest BCUT2D eigenvalue weighted by Gasteiger charge is 2.22. The third kappa shape index (κ3) is 5.44. The fourth-order valence-electron chi connectivity index (χ4n) is 3.95. The molecule has 1 N–H and O–H groups in total. The minimum atomic E-state index is -0.879. The van der Waals surface area contributed by atoms with Gasteiger partial charge >= 0.3 is 12.0 Å². The number of carbonyl (C=O) groups is 1. The fourth-order valence-corrected chi connectivity index (χ4v) is 4.93. The van der Waals surface area contributed by atoms with Gasteiger partial charge in [-0.15, -0.1) is 11.3 Å². The molecule has 1 unspecified atom stereocenters. The predicted molar refractivity (Wildman–Crippen MR) is 118 cm³/mol. The number of nitrogens with zero attached hydrogens (tertiary/aromatic N) is 4. The summed E-state index contributed by atoms with van der Waals surface area (Å²) in [4.78, 5) is 29.2. The summed E-state index contributed by atoms with van der Waals surface area (Å²) < 4.78 is 4.99. The summed E-state index contributed by atoms with van der Waals surface area (Å²) in [6, 6.07) is 4.66. The standard InChI is InChI=1S/C23H26N4O3S/c1-30-23-24-12-16(13-25-23)19(11-21(28)29)22-27-18(14-31-22)7-4-6-17-10-9-15-5-2-3-8-20(15)26-17/h9-10,12-14,19H,2-8,11H2,1H3,(H,28,29). The van der Waals surface area contributed by atoms with Crippen LogP contribution in [0.5, 0.6) is 6.01 Å². The second-order valence-electron chi connectivity index (χ2n) is 7.80. The van der Waals surface area contributed by atoms with Crippen molar-refractivity contribution in [2.45, 2.75) is 57.3 Å². The average molecular weight is 439 g/mol. The van der Waals surface area contributed by atoms with Gasteiger partial charge in [0.15, 0.2) is 0 Å². The van der Waals surface area contributed by atoms with Crippen LogP contribution in [0, 0.1) is 0 Å². The summed E-state index contributed by atoms with van der Waals surface area (Å²) in [6.07, 6.45) is 10.7. The molecule has 1 aliphatic rings. The lowest BCUT2D eigenvalue weighted by Crippen LogP contribution is -2.09. The van der Waals surface area contributed by atoms with E-state index in [-0.39, 0.29) is 18.3 Å². The minimum absolute atomic E-state index is 0.0539. The minimum Gasteiger partial charge on any atom is -0.481 e. The number of aliphatic carboxylic acids is 1. The van der Waals surface area contributed by atoms with E-state index >= 15 is 0 Å². The van der Waals surface area contributed by atoms with Crippen molar-refractivity contribution in [3.8, 4) is 6.01 Å². The van der Waals surface area contributed by atoms with E-state index in [1.165, 1.54) is 42.5 Å². The lowest BCUT2D eigenvalue weighted by Gasteiger charge is -2.15. The van der Waals surface area contributed by atoms with Gasteiger partial charge in [0.05, 0.1) is 19.2 Å². The Bertz CT molecular complexity index is 1040. The second-order valence-corrected chi connectivity index (χ2v) is 8.69. The molecule has 0 aliphatic heterocycles. The van der Waals surface area contributed by atoms with Crippen molar-refractivity contribution in [3.05, 3.63) is 63.1 Å². The van der Waals surface area contributed by atoms with Gasteiger partial charge < -0.3 is 9.84 Å². The topological polar surface area (TPSA) is 98.1 Å². The Morgan fingerprint density at radius 1 is 1.13 bits per heavy atom. The van der Waals surface area contributed by atoms with Gasteiger partial charge in [-0.05, 0) is 62.1 Å². The Morgan fingerprint density at radius 3 is 2.68 bits per heavy atom. The van der Waals surface area contributed by atoms with Gasteiger partial charge in [0.2, 0.25) is 0 Å². The quantitative estimate of drug-likeness (QED) is 0.539. The Hall–Kier alpha value is -2.87. The summed E-state index contributed by atoms with van der Waals surface area (Å²) in [5.74, 6) is -1.25. The van der Waals surface area contributed by atoms with Crippen molar-refractivity contribution in [2.24, 2.45) is 0 Å². The molecule has 8 heteroatoms. The predicted octanol–water partition coefficient (Wildman–Crippen LogP) is 4.00. The molecule has 1 aliphatic carbocycles. The number of hydrogen-bond donors (Lipinski definition) is 1. The van der Waals surface area contributed by atoms with Gasteiger partial charge in [-0.3, -0.25) is 9.78 Å². The summed E-state index contributed by atoms with van der Waals surface area (Å²) in [7, 11) is 1.50. The van der Waals surface area contributed by atoms with Gasteiger partial charge in [-0.1, -0.05) is 6.07 Å². The van der Waals surface area contributed by atoms with E-state index < -0.39 is 5.97 Å². The molecule has 0 bridgehead atoms. The molecule has 0 amide bonds. The third-order valence-electron chi connectivity index (χ3n) is 5.58. The summed E-state index contributed by atoms with van der Waals surface area (Å²) in [5.41, 5.74) is 5.55. The van der Waals surface area contributed by atoms with Crippen LogP contribution >= 0.6 is 11.3 Å². The maximum absolute atomic E-state index is 11.4. The van der Waals surface area contributed by atoms with Gasteiger partial charge in [-0.2, -0.15) is 0 Å². The van der Waals surface area contributed by atoms with Crippen LogP contribution in [0.25, 0.3) is 0 Å².